The van der Waals surface area contributed by atoms with Crippen LogP contribution in [0.4, 0.5) is 5.82 Å². The average molecular weight is 355 g/mol. The third-order valence-corrected chi connectivity index (χ3v) is 4.31. The van der Waals surface area contributed by atoms with Crippen LogP contribution in [-0.2, 0) is 6.54 Å². The zero-order valence-corrected chi connectivity index (χ0v) is 14.8. The number of aromatic nitrogens is 3. The predicted octanol–water partition coefficient (Wildman–Crippen LogP) is 3.89. The zero-order valence-electron chi connectivity index (χ0n) is 14.8. The van der Waals surface area contributed by atoms with E-state index < -0.39 is 0 Å². The first-order chi connectivity index (χ1) is 13.3. The molecule has 0 spiro atoms. The number of rotatable bonds is 5. The number of anilines is 1. The topological polar surface area (TPSA) is 75.2 Å². The van der Waals surface area contributed by atoms with Gasteiger partial charge in [0, 0.05) is 18.2 Å². The molecule has 0 saturated carbocycles. The molecule has 0 atom stereocenters. The van der Waals surface area contributed by atoms with E-state index in [-0.39, 0.29) is 0 Å². The lowest BCUT2D eigenvalue weighted by Crippen LogP contribution is -2.10. The first-order valence-electron chi connectivity index (χ1n) is 8.50. The summed E-state index contributed by atoms with van der Waals surface area (Å²) in [6.45, 7) is 0.580. The van der Waals surface area contributed by atoms with Crippen LogP contribution >= 0.6 is 0 Å². The van der Waals surface area contributed by atoms with Crippen molar-refractivity contribution >= 4 is 11.5 Å². The second kappa shape index (κ2) is 7.18. The molecule has 0 saturated heterocycles. The lowest BCUT2D eigenvalue weighted by atomic mass is 10.1. The van der Waals surface area contributed by atoms with Crippen LogP contribution in [0.15, 0.2) is 66.9 Å². The molecule has 6 nitrogen and oxygen atoms in total. The number of benzene rings is 2. The third-order valence-electron chi connectivity index (χ3n) is 4.31. The minimum Gasteiger partial charge on any atom is -0.497 e. The van der Waals surface area contributed by atoms with E-state index in [2.05, 4.69) is 21.5 Å². The van der Waals surface area contributed by atoms with Gasteiger partial charge in [-0.05, 0) is 29.8 Å². The van der Waals surface area contributed by atoms with Gasteiger partial charge in [-0.25, -0.2) is 4.98 Å². The Morgan fingerprint density at radius 2 is 1.85 bits per heavy atom. The van der Waals surface area contributed by atoms with Crippen molar-refractivity contribution in [3.8, 4) is 23.1 Å². The van der Waals surface area contributed by atoms with Crippen molar-refractivity contribution in [3.63, 3.8) is 0 Å². The molecule has 0 unspecified atom stereocenters. The number of hydrogen-bond donors (Lipinski definition) is 1. The third kappa shape index (κ3) is 3.18. The van der Waals surface area contributed by atoms with E-state index in [9.17, 15) is 5.26 Å². The molecular formula is C21H17N5O. The molecule has 4 rings (SSSR count). The highest BCUT2D eigenvalue weighted by Crippen LogP contribution is 2.29. The fourth-order valence-electron chi connectivity index (χ4n) is 2.95. The zero-order chi connectivity index (χ0) is 18.6. The molecule has 0 aliphatic heterocycles. The molecule has 0 aliphatic rings. The highest BCUT2D eigenvalue weighted by Gasteiger charge is 2.17. The number of fused-ring (bicyclic) bond motifs is 1. The Morgan fingerprint density at radius 3 is 2.56 bits per heavy atom. The van der Waals surface area contributed by atoms with Gasteiger partial charge in [-0.15, -0.1) is 0 Å². The van der Waals surface area contributed by atoms with E-state index in [4.69, 9.17) is 4.74 Å². The first-order valence-corrected chi connectivity index (χ1v) is 8.50. The fourth-order valence-corrected chi connectivity index (χ4v) is 2.95. The van der Waals surface area contributed by atoms with E-state index in [1.54, 1.807) is 17.8 Å². The van der Waals surface area contributed by atoms with Gasteiger partial charge in [-0.2, -0.15) is 14.9 Å². The van der Waals surface area contributed by atoms with Crippen LogP contribution in [0.3, 0.4) is 0 Å². The van der Waals surface area contributed by atoms with Crippen molar-refractivity contribution in [2.24, 2.45) is 0 Å². The van der Waals surface area contributed by atoms with Crippen LogP contribution in [0.25, 0.3) is 16.9 Å². The minimum absolute atomic E-state index is 0.451. The lowest BCUT2D eigenvalue weighted by molar-refractivity contribution is 0.415. The minimum atomic E-state index is 0.451. The summed E-state index contributed by atoms with van der Waals surface area (Å²) in [5.74, 6) is 1.38. The van der Waals surface area contributed by atoms with Crippen LogP contribution < -0.4 is 10.1 Å². The van der Waals surface area contributed by atoms with E-state index >= 15 is 0 Å². The van der Waals surface area contributed by atoms with Crippen molar-refractivity contribution in [3.05, 3.63) is 78.0 Å². The van der Waals surface area contributed by atoms with E-state index in [0.717, 1.165) is 16.9 Å². The second-order valence-electron chi connectivity index (χ2n) is 5.96. The Labute approximate surface area is 156 Å². The summed E-state index contributed by atoms with van der Waals surface area (Å²) in [5, 5.41) is 17.5. The number of nitriles is 1. The van der Waals surface area contributed by atoms with Crippen LogP contribution in [0.5, 0.6) is 5.75 Å². The highest BCUT2D eigenvalue weighted by atomic mass is 16.5. The number of hydrogen-bond acceptors (Lipinski definition) is 5. The molecule has 0 bridgehead atoms. The van der Waals surface area contributed by atoms with Gasteiger partial charge in [0.25, 0.3) is 0 Å². The van der Waals surface area contributed by atoms with Gasteiger partial charge >= 0.3 is 0 Å². The highest BCUT2D eigenvalue weighted by molar-refractivity contribution is 5.76. The van der Waals surface area contributed by atoms with Gasteiger partial charge in [0.15, 0.2) is 5.65 Å². The van der Waals surface area contributed by atoms with Gasteiger partial charge < -0.3 is 10.1 Å². The molecular weight excluding hydrogens is 338 g/mol. The SMILES string of the molecule is COc1ccc(-c2nc3ccnn3c(NCc3ccccc3)c2C#N)cc1. The van der Waals surface area contributed by atoms with Gasteiger partial charge in [-0.1, -0.05) is 30.3 Å². The molecule has 1 N–H and O–H groups in total. The molecule has 2 aromatic carbocycles. The van der Waals surface area contributed by atoms with Crippen molar-refractivity contribution in [1.82, 2.24) is 14.6 Å². The Morgan fingerprint density at radius 1 is 1.07 bits per heavy atom. The standard InChI is InChI=1S/C21H17N5O/c1-27-17-9-7-16(8-10-17)20-18(13-22)21(26-19(25-20)11-12-24-26)23-14-15-5-3-2-4-6-15/h2-12,23H,14H2,1H3. The Balaban J connectivity index is 1.81. The Kier molecular flexibility index (Phi) is 4.42. The second-order valence-corrected chi connectivity index (χ2v) is 5.96. The van der Waals surface area contributed by atoms with Crippen LogP contribution in [0, 0.1) is 11.3 Å². The summed E-state index contributed by atoms with van der Waals surface area (Å²) in [6, 6.07) is 21.6. The van der Waals surface area contributed by atoms with Crippen LogP contribution in [0.2, 0.25) is 0 Å². The summed E-state index contributed by atoms with van der Waals surface area (Å²) in [7, 11) is 1.62. The molecule has 27 heavy (non-hydrogen) atoms. The Bertz CT molecular complexity index is 1110. The van der Waals surface area contributed by atoms with Crippen molar-refractivity contribution in [2.45, 2.75) is 6.54 Å². The number of nitrogens with one attached hydrogen (secondary N) is 1. The van der Waals surface area contributed by atoms with Gasteiger partial charge in [0.1, 0.15) is 23.2 Å². The number of nitrogens with zero attached hydrogens (tertiary/aromatic N) is 4. The first kappa shape index (κ1) is 16.6. The molecule has 4 aromatic rings. The molecule has 2 heterocycles. The normalized spacial score (nSPS) is 10.5. The van der Waals surface area contributed by atoms with E-state index in [0.29, 0.717) is 29.3 Å². The number of ether oxygens (including phenoxy) is 1. The summed E-state index contributed by atoms with van der Waals surface area (Å²) in [4.78, 5) is 4.64. The average Bonchev–Trinajstić information content (AvgIpc) is 3.20. The molecule has 0 fully saturated rings. The maximum atomic E-state index is 9.86. The molecule has 0 radical (unpaired) electrons. The van der Waals surface area contributed by atoms with Gasteiger partial charge in [-0.3, -0.25) is 0 Å². The van der Waals surface area contributed by atoms with Crippen LogP contribution in [0.1, 0.15) is 11.1 Å². The summed E-state index contributed by atoms with van der Waals surface area (Å²) in [6.07, 6.45) is 1.68. The fraction of sp³-hybridized carbons (Fsp3) is 0.0952. The largest absolute Gasteiger partial charge is 0.497 e. The van der Waals surface area contributed by atoms with Crippen LogP contribution in [-0.4, -0.2) is 21.7 Å². The molecule has 0 aliphatic carbocycles. The van der Waals surface area contributed by atoms with Gasteiger partial charge in [0.2, 0.25) is 0 Å². The Hall–Kier alpha value is -3.85. The van der Waals surface area contributed by atoms with E-state index in [1.165, 1.54) is 0 Å². The molecule has 0 amide bonds. The maximum Gasteiger partial charge on any atom is 0.158 e. The predicted molar refractivity (Wildman–Crippen MR) is 103 cm³/mol. The number of methoxy groups -OCH3 is 1. The van der Waals surface area contributed by atoms with Crippen molar-refractivity contribution in [2.75, 3.05) is 12.4 Å². The summed E-state index contributed by atoms with van der Waals surface area (Å²) >= 11 is 0. The van der Waals surface area contributed by atoms with Crippen molar-refractivity contribution in [1.29, 1.82) is 5.26 Å². The molecule has 2 aromatic heterocycles. The monoisotopic (exact) mass is 355 g/mol. The lowest BCUT2D eigenvalue weighted by Gasteiger charge is -2.14. The smallest absolute Gasteiger partial charge is 0.158 e. The quantitative estimate of drug-likeness (QED) is 0.588. The summed E-state index contributed by atoms with van der Waals surface area (Å²) in [5.41, 5.74) is 3.70. The maximum absolute atomic E-state index is 9.86. The van der Waals surface area contributed by atoms with Crippen molar-refractivity contribution < 1.29 is 4.74 Å². The molecule has 132 valence electrons. The molecule has 6 heteroatoms. The van der Waals surface area contributed by atoms with Gasteiger partial charge in [0.05, 0.1) is 19.0 Å². The summed E-state index contributed by atoms with van der Waals surface area (Å²) < 4.78 is 6.88. The van der Waals surface area contributed by atoms with E-state index in [1.807, 2.05) is 60.7 Å².